The fraction of sp³-hybridized carbons (Fsp3) is 0.267. The van der Waals surface area contributed by atoms with Crippen LogP contribution >= 0.6 is 0 Å². The molecular weight excluding hydrogens is 226 g/mol. The Morgan fingerprint density at radius 1 is 1.17 bits per heavy atom. The molecule has 0 radical (unpaired) electrons. The van der Waals surface area contributed by atoms with Crippen molar-refractivity contribution in [3.63, 3.8) is 0 Å². The van der Waals surface area contributed by atoms with E-state index in [9.17, 15) is 9.90 Å². The number of rotatable bonds is 1. The van der Waals surface area contributed by atoms with Gasteiger partial charge in [0.15, 0.2) is 5.60 Å². The molecule has 18 heavy (non-hydrogen) atoms. The Hall–Kier alpha value is -1.87. The highest BCUT2D eigenvalue weighted by Crippen LogP contribution is 2.36. The molecule has 1 atom stereocenters. The number of fused-ring (bicyclic) bond motifs is 1. The lowest BCUT2D eigenvalue weighted by molar-refractivity contribution is -0.142. The molecule has 0 saturated carbocycles. The van der Waals surface area contributed by atoms with Gasteiger partial charge in [-0.2, -0.15) is 0 Å². The molecule has 1 N–H and O–H groups in total. The van der Waals surface area contributed by atoms with E-state index in [1.807, 2.05) is 42.5 Å². The van der Waals surface area contributed by atoms with Crippen molar-refractivity contribution < 1.29 is 9.90 Å². The Labute approximate surface area is 106 Å². The number of aliphatic hydroxyl groups is 1. The van der Waals surface area contributed by atoms with E-state index in [0.717, 1.165) is 16.3 Å². The Kier molecular flexibility index (Phi) is 2.38. The fourth-order valence-electron chi connectivity index (χ4n) is 2.69. The summed E-state index contributed by atoms with van der Waals surface area (Å²) in [7, 11) is 1.73. The predicted molar refractivity (Wildman–Crippen MR) is 70.1 cm³/mol. The van der Waals surface area contributed by atoms with Crippen molar-refractivity contribution in [3.05, 3.63) is 48.0 Å². The molecule has 0 spiro atoms. The lowest BCUT2D eigenvalue weighted by atomic mass is 9.88. The highest BCUT2D eigenvalue weighted by Gasteiger charge is 2.45. The van der Waals surface area contributed by atoms with Crippen molar-refractivity contribution in [2.24, 2.45) is 0 Å². The lowest BCUT2D eigenvalue weighted by Gasteiger charge is -2.22. The minimum atomic E-state index is -1.37. The van der Waals surface area contributed by atoms with Gasteiger partial charge in [-0.15, -0.1) is 0 Å². The van der Waals surface area contributed by atoms with Gasteiger partial charge in [-0.3, -0.25) is 4.79 Å². The Morgan fingerprint density at radius 3 is 2.61 bits per heavy atom. The predicted octanol–water partition coefficient (Wildman–Crippen LogP) is 1.89. The quantitative estimate of drug-likeness (QED) is 0.828. The van der Waals surface area contributed by atoms with Crippen LogP contribution in [0.15, 0.2) is 42.5 Å². The maximum atomic E-state index is 12.1. The minimum Gasteiger partial charge on any atom is -0.375 e. The normalized spacial score (nSPS) is 23.9. The summed E-state index contributed by atoms with van der Waals surface area (Å²) in [5, 5.41) is 12.7. The first-order valence-electron chi connectivity index (χ1n) is 6.09. The second kappa shape index (κ2) is 3.82. The van der Waals surface area contributed by atoms with E-state index in [1.54, 1.807) is 11.9 Å². The highest BCUT2D eigenvalue weighted by molar-refractivity contribution is 5.95. The van der Waals surface area contributed by atoms with Crippen LogP contribution in [0, 0.1) is 0 Å². The molecule has 1 fully saturated rings. The number of likely N-dealkylation sites (tertiary alicyclic amines) is 1. The van der Waals surface area contributed by atoms with Gasteiger partial charge < -0.3 is 10.0 Å². The van der Waals surface area contributed by atoms with Gasteiger partial charge in [0.2, 0.25) is 0 Å². The second-order valence-electron chi connectivity index (χ2n) is 4.86. The number of likely N-dealkylation sites (N-methyl/N-ethyl adjacent to an activating group) is 1. The molecule has 0 aliphatic carbocycles. The van der Waals surface area contributed by atoms with E-state index in [4.69, 9.17) is 0 Å². The average Bonchev–Trinajstić information content (AvgIpc) is 2.67. The molecule has 1 aliphatic heterocycles. The topological polar surface area (TPSA) is 40.5 Å². The SMILES string of the molecule is CN1CCC(O)(c2cccc3ccccc23)C1=O. The summed E-state index contributed by atoms with van der Waals surface area (Å²) in [5.74, 6) is -0.209. The molecular formula is C15H15NO2. The molecule has 1 unspecified atom stereocenters. The van der Waals surface area contributed by atoms with Crippen molar-refractivity contribution in [1.29, 1.82) is 0 Å². The molecule has 1 amide bonds. The van der Waals surface area contributed by atoms with Gasteiger partial charge in [0.05, 0.1) is 0 Å². The zero-order chi connectivity index (χ0) is 12.8. The molecule has 3 rings (SSSR count). The second-order valence-corrected chi connectivity index (χ2v) is 4.86. The molecule has 1 aliphatic rings. The summed E-state index contributed by atoms with van der Waals surface area (Å²) in [6, 6.07) is 13.6. The number of carbonyl (C=O) groups is 1. The largest absolute Gasteiger partial charge is 0.375 e. The van der Waals surface area contributed by atoms with E-state index in [-0.39, 0.29) is 5.91 Å². The van der Waals surface area contributed by atoms with Crippen molar-refractivity contribution in [2.75, 3.05) is 13.6 Å². The van der Waals surface area contributed by atoms with Crippen LogP contribution in [0.4, 0.5) is 0 Å². The number of amides is 1. The van der Waals surface area contributed by atoms with Gasteiger partial charge in [-0.25, -0.2) is 0 Å². The maximum absolute atomic E-state index is 12.1. The zero-order valence-corrected chi connectivity index (χ0v) is 10.3. The van der Waals surface area contributed by atoms with Gasteiger partial charge in [-0.1, -0.05) is 42.5 Å². The van der Waals surface area contributed by atoms with Crippen LogP contribution < -0.4 is 0 Å². The van der Waals surface area contributed by atoms with Gasteiger partial charge in [-0.05, 0) is 10.8 Å². The Balaban J connectivity index is 2.24. The third kappa shape index (κ3) is 1.44. The van der Waals surface area contributed by atoms with E-state index in [2.05, 4.69) is 0 Å². The summed E-state index contributed by atoms with van der Waals surface area (Å²) < 4.78 is 0. The van der Waals surface area contributed by atoms with Gasteiger partial charge in [0.1, 0.15) is 0 Å². The first-order valence-corrected chi connectivity index (χ1v) is 6.09. The summed E-state index contributed by atoms with van der Waals surface area (Å²) in [6.07, 6.45) is 0.455. The summed E-state index contributed by atoms with van der Waals surface area (Å²) in [6.45, 7) is 0.596. The summed E-state index contributed by atoms with van der Waals surface area (Å²) in [5.41, 5.74) is -0.648. The van der Waals surface area contributed by atoms with Gasteiger partial charge in [0.25, 0.3) is 5.91 Å². The maximum Gasteiger partial charge on any atom is 0.259 e. The summed E-state index contributed by atoms with van der Waals surface area (Å²) in [4.78, 5) is 13.7. The molecule has 2 aromatic carbocycles. The Bertz CT molecular complexity index is 617. The van der Waals surface area contributed by atoms with E-state index < -0.39 is 5.60 Å². The lowest BCUT2D eigenvalue weighted by Crippen LogP contribution is -2.36. The molecule has 3 nitrogen and oxygen atoms in total. The van der Waals surface area contributed by atoms with E-state index >= 15 is 0 Å². The van der Waals surface area contributed by atoms with Crippen LogP contribution in [0.5, 0.6) is 0 Å². The third-order valence-electron chi connectivity index (χ3n) is 3.74. The number of hydrogen-bond acceptors (Lipinski definition) is 2. The average molecular weight is 241 g/mol. The van der Waals surface area contributed by atoms with Gasteiger partial charge >= 0.3 is 0 Å². The van der Waals surface area contributed by atoms with E-state index in [1.165, 1.54) is 0 Å². The van der Waals surface area contributed by atoms with E-state index in [0.29, 0.717) is 13.0 Å². The number of nitrogens with zero attached hydrogens (tertiary/aromatic N) is 1. The van der Waals surface area contributed by atoms with Crippen LogP contribution in [0.3, 0.4) is 0 Å². The minimum absolute atomic E-state index is 0.209. The van der Waals surface area contributed by atoms with Crippen molar-refractivity contribution in [1.82, 2.24) is 4.90 Å². The van der Waals surface area contributed by atoms with Crippen molar-refractivity contribution in [2.45, 2.75) is 12.0 Å². The first kappa shape index (κ1) is 11.2. The van der Waals surface area contributed by atoms with Crippen LogP contribution in [-0.2, 0) is 10.4 Å². The fourth-order valence-corrected chi connectivity index (χ4v) is 2.69. The Morgan fingerprint density at radius 2 is 1.89 bits per heavy atom. The highest BCUT2D eigenvalue weighted by atomic mass is 16.3. The zero-order valence-electron chi connectivity index (χ0n) is 10.3. The van der Waals surface area contributed by atoms with Crippen molar-refractivity contribution >= 4 is 16.7 Å². The molecule has 3 heteroatoms. The first-order chi connectivity index (χ1) is 8.63. The standard InChI is InChI=1S/C15H15NO2/c1-16-10-9-15(18,14(16)17)13-8-4-6-11-5-2-3-7-12(11)13/h2-8,18H,9-10H2,1H3. The van der Waals surface area contributed by atoms with Crippen LogP contribution in [0.2, 0.25) is 0 Å². The molecule has 92 valence electrons. The molecule has 1 heterocycles. The molecule has 0 aromatic heterocycles. The van der Waals surface area contributed by atoms with Crippen LogP contribution in [0.25, 0.3) is 10.8 Å². The third-order valence-corrected chi connectivity index (χ3v) is 3.74. The monoisotopic (exact) mass is 241 g/mol. The molecule has 1 saturated heterocycles. The van der Waals surface area contributed by atoms with Crippen molar-refractivity contribution in [3.8, 4) is 0 Å². The van der Waals surface area contributed by atoms with Gasteiger partial charge in [0, 0.05) is 25.6 Å². The van der Waals surface area contributed by atoms with Crippen LogP contribution in [-0.4, -0.2) is 29.5 Å². The number of carbonyl (C=O) groups excluding carboxylic acids is 1. The molecule has 0 bridgehead atoms. The number of hydrogen-bond donors (Lipinski definition) is 1. The number of benzene rings is 2. The van der Waals surface area contributed by atoms with Crippen LogP contribution in [0.1, 0.15) is 12.0 Å². The molecule has 2 aromatic rings. The smallest absolute Gasteiger partial charge is 0.259 e. The summed E-state index contributed by atoms with van der Waals surface area (Å²) >= 11 is 0.